The molecule has 1 N–H and O–H groups in total. The average molecular weight is 329 g/mol. The number of thiophene rings is 1. The van der Waals surface area contributed by atoms with Crippen LogP contribution in [0.5, 0.6) is 5.75 Å². The van der Waals surface area contributed by atoms with E-state index in [1.807, 2.05) is 11.4 Å². The van der Waals surface area contributed by atoms with E-state index in [2.05, 4.69) is 15.9 Å². The van der Waals surface area contributed by atoms with Crippen molar-refractivity contribution >= 4 is 27.3 Å². The van der Waals surface area contributed by atoms with Gasteiger partial charge in [0.05, 0.1) is 11.0 Å². The zero-order chi connectivity index (χ0) is 12.7. The summed E-state index contributed by atoms with van der Waals surface area (Å²) in [4.78, 5) is 1.05. The van der Waals surface area contributed by atoms with Gasteiger partial charge in [-0.25, -0.2) is 4.39 Å². The summed E-state index contributed by atoms with van der Waals surface area (Å²) in [7, 11) is 0. The number of benzene rings is 1. The molecule has 5 heteroatoms. The van der Waals surface area contributed by atoms with Gasteiger partial charge in [-0.15, -0.1) is 11.3 Å². The molecule has 0 bridgehead atoms. The van der Waals surface area contributed by atoms with Gasteiger partial charge >= 0.3 is 0 Å². The third kappa shape index (κ3) is 2.06. The molecule has 0 saturated heterocycles. The van der Waals surface area contributed by atoms with E-state index in [1.165, 1.54) is 12.1 Å². The third-order valence-corrected chi connectivity index (χ3v) is 4.94. The monoisotopic (exact) mass is 328 g/mol. The molecular weight excluding hydrogens is 319 g/mol. The van der Waals surface area contributed by atoms with Crippen LogP contribution in [0.1, 0.15) is 29.1 Å². The van der Waals surface area contributed by atoms with Crippen LogP contribution in [0, 0.1) is 5.82 Å². The number of hydrogen-bond acceptors (Lipinski definition) is 3. The largest absolute Gasteiger partial charge is 0.484 e. The highest BCUT2D eigenvalue weighted by Gasteiger charge is 2.30. The zero-order valence-corrected chi connectivity index (χ0v) is 11.7. The molecule has 0 amide bonds. The van der Waals surface area contributed by atoms with Gasteiger partial charge in [0.25, 0.3) is 0 Å². The van der Waals surface area contributed by atoms with Crippen molar-refractivity contribution in [3.63, 3.8) is 0 Å². The molecule has 2 heterocycles. The summed E-state index contributed by atoms with van der Waals surface area (Å²) >= 11 is 5.04. The van der Waals surface area contributed by atoms with Crippen LogP contribution >= 0.6 is 27.3 Å². The van der Waals surface area contributed by atoms with Crippen LogP contribution in [-0.2, 0) is 0 Å². The molecule has 2 atom stereocenters. The number of fused-ring (bicyclic) bond motifs is 1. The molecule has 94 valence electrons. The van der Waals surface area contributed by atoms with Gasteiger partial charge in [-0.3, -0.25) is 0 Å². The Balaban J connectivity index is 1.97. The fourth-order valence-corrected chi connectivity index (χ4v) is 3.78. The Morgan fingerprint density at radius 3 is 2.94 bits per heavy atom. The molecule has 1 unspecified atom stereocenters. The summed E-state index contributed by atoms with van der Waals surface area (Å²) < 4.78 is 19.9. The molecule has 1 aliphatic rings. The molecule has 1 aromatic carbocycles. The maximum Gasteiger partial charge on any atom is 0.137 e. The normalized spacial score (nSPS) is 22.4. The van der Waals surface area contributed by atoms with Crippen molar-refractivity contribution in [1.29, 1.82) is 0 Å². The Morgan fingerprint density at radius 2 is 2.22 bits per heavy atom. The maximum atomic E-state index is 13.1. The second kappa shape index (κ2) is 4.64. The predicted octanol–water partition coefficient (Wildman–Crippen LogP) is 4.21. The molecule has 1 aliphatic heterocycles. The molecular formula is C13H10BrFO2S. The molecule has 2 nitrogen and oxygen atoms in total. The third-order valence-electron chi connectivity index (χ3n) is 2.97. The molecule has 0 saturated carbocycles. The number of aliphatic hydroxyl groups excluding tert-OH is 1. The van der Waals surface area contributed by atoms with Crippen LogP contribution in [0.15, 0.2) is 34.1 Å². The number of hydrogen-bond donors (Lipinski definition) is 1. The first kappa shape index (κ1) is 12.1. The van der Waals surface area contributed by atoms with E-state index in [0.29, 0.717) is 17.7 Å². The molecule has 0 aliphatic carbocycles. The van der Waals surface area contributed by atoms with Gasteiger partial charge in [0.2, 0.25) is 0 Å². The lowest BCUT2D eigenvalue weighted by Gasteiger charge is -2.29. The van der Waals surface area contributed by atoms with Crippen molar-refractivity contribution < 1.29 is 14.2 Å². The lowest BCUT2D eigenvalue weighted by molar-refractivity contribution is 0.0667. The summed E-state index contributed by atoms with van der Waals surface area (Å²) in [6, 6.07) is 6.20. The second-order valence-electron chi connectivity index (χ2n) is 4.17. The molecule has 0 radical (unpaired) electrons. The Kier molecular flexibility index (Phi) is 3.13. The summed E-state index contributed by atoms with van der Waals surface area (Å²) in [5.41, 5.74) is 0.527. The number of rotatable bonds is 1. The molecule has 3 rings (SSSR count). The van der Waals surface area contributed by atoms with E-state index in [0.717, 1.165) is 9.35 Å². The highest BCUT2D eigenvalue weighted by molar-refractivity contribution is 9.10. The van der Waals surface area contributed by atoms with E-state index in [9.17, 15) is 9.50 Å². The van der Waals surface area contributed by atoms with Crippen LogP contribution in [0.25, 0.3) is 0 Å². The molecule has 1 aromatic heterocycles. The summed E-state index contributed by atoms with van der Waals surface area (Å²) in [5, 5.41) is 12.1. The van der Waals surface area contributed by atoms with E-state index < -0.39 is 6.10 Å². The Labute approximate surface area is 116 Å². The van der Waals surface area contributed by atoms with Crippen LogP contribution in [0.2, 0.25) is 0 Å². The first-order chi connectivity index (χ1) is 8.65. The first-order valence-corrected chi connectivity index (χ1v) is 7.19. The van der Waals surface area contributed by atoms with Crippen molar-refractivity contribution in [2.24, 2.45) is 0 Å². The van der Waals surface area contributed by atoms with Crippen LogP contribution < -0.4 is 4.74 Å². The predicted molar refractivity (Wildman–Crippen MR) is 71.4 cm³/mol. The van der Waals surface area contributed by atoms with Crippen LogP contribution in [-0.4, -0.2) is 5.11 Å². The van der Waals surface area contributed by atoms with E-state index in [4.69, 9.17) is 4.74 Å². The number of aliphatic hydroxyl groups is 1. The number of ether oxygens (including phenoxy) is 1. The van der Waals surface area contributed by atoms with Crippen LogP contribution in [0.3, 0.4) is 0 Å². The quantitative estimate of drug-likeness (QED) is 0.849. The van der Waals surface area contributed by atoms with Crippen molar-refractivity contribution in [1.82, 2.24) is 0 Å². The summed E-state index contributed by atoms with van der Waals surface area (Å²) in [5.74, 6) is 0.201. The van der Waals surface area contributed by atoms with Gasteiger partial charge in [-0.2, -0.15) is 0 Å². The second-order valence-corrected chi connectivity index (χ2v) is 5.97. The Hall–Kier alpha value is -0.910. The zero-order valence-electron chi connectivity index (χ0n) is 9.27. The molecule has 2 aromatic rings. The van der Waals surface area contributed by atoms with Crippen molar-refractivity contribution in [3.8, 4) is 5.75 Å². The van der Waals surface area contributed by atoms with Gasteiger partial charge in [0.15, 0.2) is 0 Å². The lowest BCUT2D eigenvalue weighted by atomic mass is 9.98. The summed E-state index contributed by atoms with van der Waals surface area (Å²) in [6.07, 6.45) is -0.439. The van der Waals surface area contributed by atoms with E-state index in [1.54, 1.807) is 17.4 Å². The van der Waals surface area contributed by atoms with Crippen molar-refractivity contribution in [2.75, 3.05) is 0 Å². The standard InChI is InChI=1S/C13H10BrFO2S/c14-9-3-4-18-13(9)12-6-10(16)8-5-7(15)1-2-11(8)17-12/h1-5,10,12,16H,6H2/t10-,12?/m0/s1. The fraction of sp³-hybridized carbons (Fsp3) is 0.231. The van der Waals surface area contributed by atoms with Gasteiger partial charge in [0.1, 0.15) is 17.7 Å². The summed E-state index contributed by atoms with van der Waals surface area (Å²) in [6.45, 7) is 0. The maximum absolute atomic E-state index is 13.1. The van der Waals surface area contributed by atoms with Crippen molar-refractivity contribution in [2.45, 2.75) is 18.6 Å². The van der Waals surface area contributed by atoms with Gasteiger partial charge in [-0.05, 0) is 45.6 Å². The highest BCUT2D eigenvalue weighted by Crippen LogP contribution is 2.44. The number of halogens is 2. The lowest BCUT2D eigenvalue weighted by Crippen LogP contribution is -2.18. The highest BCUT2D eigenvalue weighted by atomic mass is 79.9. The van der Waals surface area contributed by atoms with Gasteiger partial charge in [0, 0.05) is 16.5 Å². The Bertz CT molecular complexity index is 584. The van der Waals surface area contributed by atoms with E-state index >= 15 is 0 Å². The fourth-order valence-electron chi connectivity index (χ4n) is 2.11. The van der Waals surface area contributed by atoms with Gasteiger partial charge < -0.3 is 9.84 Å². The smallest absolute Gasteiger partial charge is 0.137 e. The van der Waals surface area contributed by atoms with Crippen molar-refractivity contribution in [3.05, 3.63) is 50.4 Å². The molecule has 0 spiro atoms. The first-order valence-electron chi connectivity index (χ1n) is 5.52. The minimum atomic E-state index is -0.691. The average Bonchev–Trinajstić information content (AvgIpc) is 2.76. The minimum absolute atomic E-state index is 0.188. The molecule has 18 heavy (non-hydrogen) atoms. The SMILES string of the molecule is O[C@H]1CC(c2sccc2Br)Oc2ccc(F)cc21. The Morgan fingerprint density at radius 1 is 1.39 bits per heavy atom. The van der Waals surface area contributed by atoms with Crippen LogP contribution in [0.4, 0.5) is 4.39 Å². The topological polar surface area (TPSA) is 29.5 Å². The van der Waals surface area contributed by atoms with E-state index in [-0.39, 0.29) is 11.9 Å². The molecule has 0 fully saturated rings. The van der Waals surface area contributed by atoms with Gasteiger partial charge in [-0.1, -0.05) is 0 Å². The minimum Gasteiger partial charge on any atom is -0.484 e.